The van der Waals surface area contributed by atoms with Gasteiger partial charge in [-0.25, -0.2) is 0 Å². The Hall–Kier alpha value is -1.11. The highest BCUT2D eigenvalue weighted by Gasteiger charge is 2.27. The molecule has 0 aliphatic carbocycles. The number of nitrogens with two attached hydrogens (primary N) is 1. The van der Waals surface area contributed by atoms with Crippen molar-refractivity contribution in [3.05, 3.63) is 28.7 Å². The zero-order chi connectivity index (χ0) is 15.3. The first-order chi connectivity index (χ1) is 9.20. The third-order valence-corrected chi connectivity index (χ3v) is 3.30. The molecule has 0 saturated carbocycles. The average molecular weight is 379 g/mol. The molecular formula is C14H21BrClN3O2. The molecule has 0 aromatic heterocycles. The molecule has 0 radical (unpaired) electrons. The number of hydrogen-bond acceptors (Lipinski definition) is 3. The Bertz CT molecular complexity index is 486. The van der Waals surface area contributed by atoms with Crippen LogP contribution in [0.1, 0.15) is 20.8 Å². The second-order valence-corrected chi connectivity index (χ2v) is 6.53. The van der Waals surface area contributed by atoms with Crippen molar-refractivity contribution in [3.63, 3.8) is 0 Å². The number of nitrogens with one attached hydrogen (secondary N) is 2. The highest BCUT2D eigenvalue weighted by molar-refractivity contribution is 9.10. The lowest BCUT2D eigenvalue weighted by molar-refractivity contribution is -0.126. The lowest BCUT2D eigenvalue weighted by Gasteiger charge is -2.25. The SMILES string of the molecule is CC(C)(C)[C@H](N)C(=O)NCC(=O)Nc1ccc(Br)cc1.Cl. The first-order valence-electron chi connectivity index (χ1n) is 6.29. The molecule has 1 aromatic carbocycles. The molecule has 0 spiro atoms. The maximum Gasteiger partial charge on any atom is 0.243 e. The van der Waals surface area contributed by atoms with Crippen molar-refractivity contribution in [1.29, 1.82) is 0 Å². The molecule has 1 atom stereocenters. The minimum atomic E-state index is -0.650. The molecule has 1 rings (SSSR count). The molecule has 2 amide bonds. The Morgan fingerprint density at radius 3 is 2.24 bits per heavy atom. The first kappa shape index (κ1) is 19.9. The molecule has 0 heterocycles. The summed E-state index contributed by atoms with van der Waals surface area (Å²) in [6.07, 6.45) is 0. The van der Waals surface area contributed by atoms with E-state index in [1.165, 1.54) is 0 Å². The van der Waals surface area contributed by atoms with Gasteiger partial charge in [0.05, 0.1) is 12.6 Å². The van der Waals surface area contributed by atoms with Crippen molar-refractivity contribution in [3.8, 4) is 0 Å². The van der Waals surface area contributed by atoms with Crippen LogP contribution in [-0.4, -0.2) is 24.4 Å². The average Bonchev–Trinajstić information content (AvgIpc) is 2.36. The monoisotopic (exact) mass is 377 g/mol. The summed E-state index contributed by atoms with van der Waals surface area (Å²) in [6, 6.07) is 6.53. The summed E-state index contributed by atoms with van der Waals surface area (Å²) in [5.41, 5.74) is 6.13. The van der Waals surface area contributed by atoms with Crippen LogP contribution in [-0.2, 0) is 9.59 Å². The summed E-state index contributed by atoms with van der Waals surface area (Å²) in [7, 11) is 0. The van der Waals surface area contributed by atoms with Crippen LogP contribution in [0.3, 0.4) is 0 Å². The number of rotatable bonds is 4. The highest BCUT2D eigenvalue weighted by atomic mass is 79.9. The van der Waals surface area contributed by atoms with Gasteiger partial charge in [-0.15, -0.1) is 12.4 Å². The second kappa shape index (κ2) is 8.36. The van der Waals surface area contributed by atoms with Crippen LogP contribution >= 0.6 is 28.3 Å². The van der Waals surface area contributed by atoms with Gasteiger partial charge in [0.1, 0.15) is 0 Å². The summed E-state index contributed by atoms with van der Waals surface area (Å²) in [5, 5.41) is 5.22. The molecule has 0 saturated heterocycles. The lowest BCUT2D eigenvalue weighted by Crippen LogP contribution is -2.50. The van der Waals surface area contributed by atoms with Crippen molar-refractivity contribution >= 4 is 45.8 Å². The largest absolute Gasteiger partial charge is 0.346 e. The molecule has 21 heavy (non-hydrogen) atoms. The summed E-state index contributed by atoms with van der Waals surface area (Å²) >= 11 is 3.31. The van der Waals surface area contributed by atoms with E-state index in [0.717, 1.165) is 4.47 Å². The zero-order valence-electron chi connectivity index (χ0n) is 12.3. The van der Waals surface area contributed by atoms with Gasteiger partial charge >= 0.3 is 0 Å². The smallest absolute Gasteiger partial charge is 0.243 e. The van der Waals surface area contributed by atoms with Gasteiger partial charge < -0.3 is 16.4 Å². The normalized spacial score (nSPS) is 12.0. The van der Waals surface area contributed by atoms with E-state index in [-0.39, 0.29) is 36.2 Å². The van der Waals surface area contributed by atoms with E-state index in [2.05, 4.69) is 26.6 Å². The summed E-state index contributed by atoms with van der Waals surface area (Å²) in [4.78, 5) is 23.5. The number of amides is 2. The van der Waals surface area contributed by atoms with Crippen LogP contribution in [0.4, 0.5) is 5.69 Å². The van der Waals surface area contributed by atoms with Gasteiger partial charge in [-0.3, -0.25) is 9.59 Å². The first-order valence-corrected chi connectivity index (χ1v) is 7.08. The van der Waals surface area contributed by atoms with Crippen LogP contribution < -0.4 is 16.4 Å². The van der Waals surface area contributed by atoms with Gasteiger partial charge in [0, 0.05) is 10.2 Å². The third-order valence-electron chi connectivity index (χ3n) is 2.77. The topological polar surface area (TPSA) is 84.2 Å². The number of halogens is 2. The molecule has 5 nitrogen and oxygen atoms in total. The van der Waals surface area contributed by atoms with E-state index in [1.807, 2.05) is 32.9 Å². The molecule has 0 fully saturated rings. The molecule has 7 heteroatoms. The molecular weight excluding hydrogens is 358 g/mol. The second-order valence-electron chi connectivity index (χ2n) is 5.62. The molecule has 4 N–H and O–H groups in total. The van der Waals surface area contributed by atoms with Crippen LogP contribution in [0.25, 0.3) is 0 Å². The van der Waals surface area contributed by atoms with Crippen molar-refractivity contribution in [2.75, 3.05) is 11.9 Å². The zero-order valence-corrected chi connectivity index (χ0v) is 14.7. The fourth-order valence-corrected chi connectivity index (χ4v) is 1.67. The van der Waals surface area contributed by atoms with Crippen molar-refractivity contribution in [2.24, 2.45) is 11.1 Å². The van der Waals surface area contributed by atoms with Gasteiger partial charge in [-0.1, -0.05) is 36.7 Å². The highest BCUT2D eigenvalue weighted by Crippen LogP contribution is 2.17. The minimum Gasteiger partial charge on any atom is -0.346 e. The maximum atomic E-state index is 11.8. The Labute approximate surface area is 139 Å². The standard InChI is InChI=1S/C14H20BrN3O2.ClH/c1-14(2,3)12(16)13(20)17-8-11(19)18-10-6-4-9(15)5-7-10;/h4-7,12H,8,16H2,1-3H3,(H,17,20)(H,18,19);1H/t12-;/m1./s1. The Kier molecular flexibility index (Phi) is 7.92. The Morgan fingerprint density at radius 1 is 1.24 bits per heavy atom. The fraction of sp³-hybridized carbons (Fsp3) is 0.429. The number of carbonyl (C=O) groups is 2. The number of anilines is 1. The Balaban J connectivity index is 0.00000400. The summed E-state index contributed by atoms with van der Waals surface area (Å²) in [5.74, 6) is -0.620. The van der Waals surface area contributed by atoms with Gasteiger partial charge in [0.2, 0.25) is 11.8 Å². The van der Waals surface area contributed by atoms with E-state index in [9.17, 15) is 9.59 Å². The van der Waals surface area contributed by atoms with Crippen molar-refractivity contribution < 1.29 is 9.59 Å². The maximum absolute atomic E-state index is 11.8. The number of hydrogen-bond donors (Lipinski definition) is 3. The number of carbonyl (C=O) groups excluding carboxylic acids is 2. The van der Waals surface area contributed by atoms with Crippen molar-refractivity contribution in [2.45, 2.75) is 26.8 Å². The van der Waals surface area contributed by atoms with Crippen LogP contribution in [0.15, 0.2) is 28.7 Å². The minimum absolute atomic E-state index is 0. The van der Waals surface area contributed by atoms with Crippen molar-refractivity contribution in [1.82, 2.24) is 5.32 Å². The number of benzene rings is 1. The molecule has 118 valence electrons. The fourth-order valence-electron chi connectivity index (χ4n) is 1.41. The van der Waals surface area contributed by atoms with Gasteiger partial charge in [-0.2, -0.15) is 0 Å². The van der Waals surface area contributed by atoms with E-state index in [1.54, 1.807) is 12.1 Å². The predicted molar refractivity (Wildman–Crippen MR) is 90.5 cm³/mol. The van der Waals surface area contributed by atoms with Gasteiger partial charge in [0.25, 0.3) is 0 Å². The molecule has 1 aromatic rings. The quantitative estimate of drug-likeness (QED) is 0.751. The Morgan fingerprint density at radius 2 is 1.76 bits per heavy atom. The lowest BCUT2D eigenvalue weighted by atomic mass is 9.87. The van der Waals surface area contributed by atoms with E-state index >= 15 is 0 Å². The predicted octanol–water partition coefficient (Wildman–Crippen LogP) is 2.30. The summed E-state index contributed by atoms with van der Waals surface area (Å²) in [6.45, 7) is 5.52. The van der Waals surface area contributed by atoms with E-state index in [0.29, 0.717) is 5.69 Å². The molecule has 0 aliphatic heterocycles. The third kappa shape index (κ3) is 6.93. The van der Waals surface area contributed by atoms with Crippen LogP contribution in [0.5, 0.6) is 0 Å². The molecule has 0 bridgehead atoms. The van der Waals surface area contributed by atoms with Crippen LogP contribution in [0.2, 0.25) is 0 Å². The van der Waals surface area contributed by atoms with E-state index < -0.39 is 6.04 Å². The van der Waals surface area contributed by atoms with Crippen LogP contribution in [0, 0.1) is 5.41 Å². The molecule has 0 unspecified atom stereocenters. The van der Waals surface area contributed by atoms with Gasteiger partial charge in [-0.05, 0) is 29.7 Å². The molecule has 0 aliphatic rings. The van der Waals surface area contributed by atoms with E-state index in [4.69, 9.17) is 5.73 Å². The van der Waals surface area contributed by atoms with Gasteiger partial charge in [0.15, 0.2) is 0 Å². The summed E-state index contributed by atoms with van der Waals surface area (Å²) < 4.78 is 0.931.